The summed E-state index contributed by atoms with van der Waals surface area (Å²) in [6.45, 7) is 5.58. The maximum absolute atomic E-state index is 12.1. The number of rotatable bonds is 8. The van der Waals surface area contributed by atoms with Crippen molar-refractivity contribution in [1.82, 2.24) is 10.9 Å². The smallest absolute Gasteiger partial charge is 0.279 e. The van der Waals surface area contributed by atoms with Crippen molar-refractivity contribution in [2.24, 2.45) is 0 Å². The molecule has 2 aromatic rings. The lowest BCUT2D eigenvalue weighted by Gasteiger charge is -2.18. The molecule has 28 heavy (non-hydrogen) atoms. The maximum Gasteiger partial charge on any atom is 0.279 e. The van der Waals surface area contributed by atoms with Crippen LogP contribution in [0.3, 0.4) is 0 Å². The van der Waals surface area contributed by atoms with Crippen molar-refractivity contribution in [1.29, 1.82) is 0 Å². The van der Waals surface area contributed by atoms with Gasteiger partial charge in [0.25, 0.3) is 11.8 Å². The lowest BCUT2D eigenvalue weighted by Crippen LogP contribution is -2.50. The molecule has 0 saturated carbocycles. The van der Waals surface area contributed by atoms with Crippen molar-refractivity contribution in [3.8, 4) is 17.2 Å². The molecule has 0 aliphatic heterocycles. The molecule has 0 heterocycles. The predicted octanol–water partition coefficient (Wildman–Crippen LogP) is 3.12. The highest BCUT2D eigenvalue weighted by atomic mass is 35.5. The summed E-state index contributed by atoms with van der Waals surface area (Å²) in [5.41, 5.74) is 4.62. The number of halogens is 1. The third kappa shape index (κ3) is 6.35. The molecule has 2 rings (SSSR count). The zero-order valence-electron chi connectivity index (χ0n) is 15.9. The number of amides is 2. The van der Waals surface area contributed by atoms with E-state index in [-0.39, 0.29) is 0 Å². The minimum atomic E-state index is -0.859. The SMILES string of the molecule is CCOc1ccc(OC(C)C(=O)NNC(=O)C(C)Oc2ccccc2Cl)cc1. The van der Waals surface area contributed by atoms with Crippen LogP contribution in [0.5, 0.6) is 17.2 Å². The Morgan fingerprint density at radius 2 is 1.43 bits per heavy atom. The molecule has 2 N–H and O–H groups in total. The van der Waals surface area contributed by atoms with Gasteiger partial charge >= 0.3 is 0 Å². The Balaban J connectivity index is 1.79. The Morgan fingerprint density at radius 1 is 0.893 bits per heavy atom. The number of hydrazine groups is 1. The number of carbonyl (C=O) groups is 2. The van der Waals surface area contributed by atoms with Gasteiger partial charge in [0, 0.05) is 0 Å². The molecule has 2 atom stereocenters. The summed E-state index contributed by atoms with van der Waals surface area (Å²) in [7, 11) is 0. The van der Waals surface area contributed by atoms with E-state index in [4.69, 9.17) is 25.8 Å². The molecule has 2 amide bonds. The first-order valence-corrected chi connectivity index (χ1v) is 9.19. The van der Waals surface area contributed by atoms with Crippen molar-refractivity contribution >= 4 is 23.4 Å². The molecule has 150 valence electrons. The van der Waals surface area contributed by atoms with Crippen LogP contribution in [0.15, 0.2) is 48.5 Å². The molecule has 0 saturated heterocycles. The summed E-state index contributed by atoms with van der Waals surface area (Å²) in [5, 5.41) is 0.392. The highest BCUT2D eigenvalue weighted by Gasteiger charge is 2.19. The molecule has 8 heteroatoms. The van der Waals surface area contributed by atoms with Crippen molar-refractivity contribution in [3.05, 3.63) is 53.6 Å². The average molecular weight is 407 g/mol. The van der Waals surface area contributed by atoms with Gasteiger partial charge in [-0.2, -0.15) is 0 Å². The number of hydrogen-bond donors (Lipinski definition) is 2. The normalized spacial score (nSPS) is 12.4. The number of hydrogen-bond acceptors (Lipinski definition) is 5. The Labute approximate surface area is 168 Å². The standard InChI is InChI=1S/C20H23ClN2O5/c1-4-26-15-9-11-16(12-10-15)27-13(2)19(24)22-23-20(25)14(3)28-18-8-6-5-7-17(18)21/h5-14H,4H2,1-3H3,(H,22,24)(H,23,25). The van der Waals surface area contributed by atoms with Gasteiger partial charge < -0.3 is 14.2 Å². The van der Waals surface area contributed by atoms with Crippen LogP contribution >= 0.6 is 11.6 Å². The third-order valence-corrected chi connectivity index (χ3v) is 3.95. The van der Waals surface area contributed by atoms with Gasteiger partial charge in [0.05, 0.1) is 11.6 Å². The van der Waals surface area contributed by atoms with Gasteiger partial charge in [0.2, 0.25) is 0 Å². The first-order chi connectivity index (χ1) is 13.4. The van der Waals surface area contributed by atoms with E-state index >= 15 is 0 Å². The molecule has 0 fully saturated rings. The number of nitrogens with one attached hydrogen (secondary N) is 2. The molecule has 0 aromatic heterocycles. The second-order valence-electron chi connectivity index (χ2n) is 5.83. The number of benzene rings is 2. The number of ether oxygens (including phenoxy) is 3. The Morgan fingerprint density at radius 3 is 2.00 bits per heavy atom. The Kier molecular flexibility index (Phi) is 7.95. The first kappa shape index (κ1) is 21.4. The fraction of sp³-hybridized carbons (Fsp3) is 0.300. The van der Waals surface area contributed by atoms with E-state index in [0.717, 1.165) is 0 Å². The summed E-state index contributed by atoms with van der Waals surface area (Å²) in [6, 6.07) is 13.7. The van der Waals surface area contributed by atoms with Crippen LogP contribution in [0.2, 0.25) is 5.02 Å². The van der Waals surface area contributed by atoms with Crippen LogP contribution in [0.4, 0.5) is 0 Å². The van der Waals surface area contributed by atoms with Crippen LogP contribution in [-0.4, -0.2) is 30.6 Å². The van der Waals surface area contributed by atoms with E-state index < -0.39 is 24.0 Å². The molecule has 0 aliphatic carbocycles. The quantitative estimate of drug-likeness (QED) is 0.658. The largest absolute Gasteiger partial charge is 0.494 e. The summed E-state index contributed by atoms with van der Waals surface area (Å²) < 4.78 is 16.4. The lowest BCUT2D eigenvalue weighted by atomic mass is 10.3. The lowest BCUT2D eigenvalue weighted by molar-refractivity contribution is -0.135. The van der Waals surface area contributed by atoms with E-state index in [2.05, 4.69) is 10.9 Å². The van der Waals surface area contributed by atoms with Crippen molar-refractivity contribution in [3.63, 3.8) is 0 Å². The van der Waals surface area contributed by atoms with Gasteiger partial charge in [0.15, 0.2) is 12.2 Å². The van der Waals surface area contributed by atoms with Crippen LogP contribution in [-0.2, 0) is 9.59 Å². The first-order valence-electron chi connectivity index (χ1n) is 8.81. The third-order valence-electron chi connectivity index (χ3n) is 3.64. The molecule has 0 radical (unpaired) electrons. The number of carbonyl (C=O) groups excluding carboxylic acids is 2. The van der Waals surface area contributed by atoms with Crippen molar-refractivity contribution < 1.29 is 23.8 Å². The monoisotopic (exact) mass is 406 g/mol. The van der Waals surface area contributed by atoms with Crippen LogP contribution in [0.25, 0.3) is 0 Å². The zero-order valence-corrected chi connectivity index (χ0v) is 16.7. The fourth-order valence-electron chi connectivity index (χ4n) is 2.15. The van der Waals surface area contributed by atoms with E-state index in [0.29, 0.717) is 28.9 Å². The van der Waals surface area contributed by atoms with E-state index in [1.54, 1.807) is 62.4 Å². The Hall–Kier alpha value is -2.93. The molecular formula is C20H23ClN2O5. The van der Waals surface area contributed by atoms with Crippen LogP contribution in [0, 0.1) is 0 Å². The summed E-state index contributed by atoms with van der Waals surface area (Å²) in [4.78, 5) is 24.2. The summed E-state index contributed by atoms with van der Waals surface area (Å²) in [5.74, 6) is 0.568. The van der Waals surface area contributed by atoms with Crippen molar-refractivity contribution in [2.75, 3.05) is 6.61 Å². The average Bonchev–Trinajstić information content (AvgIpc) is 2.69. The molecule has 0 bridgehead atoms. The highest BCUT2D eigenvalue weighted by Crippen LogP contribution is 2.24. The zero-order chi connectivity index (χ0) is 20.5. The van der Waals surface area contributed by atoms with Crippen LogP contribution in [0.1, 0.15) is 20.8 Å². The summed E-state index contributed by atoms with van der Waals surface area (Å²) >= 11 is 6.00. The molecular weight excluding hydrogens is 384 g/mol. The molecule has 2 unspecified atom stereocenters. The maximum atomic E-state index is 12.1. The van der Waals surface area contributed by atoms with E-state index in [1.807, 2.05) is 6.92 Å². The fourth-order valence-corrected chi connectivity index (χ4v) is 2.33. The van der Waals surface area contributed by atoms with Gasteiger partial charge in [0.1, 0.15) is 17.2 Å². The minimum absolute atomic E-state index is 0.380. The predicted molar refractivity (Wildman–Crippen MR) is 106 cm³/mol. The molecule has 0 aliphatic rings. The number of para-hydroxylation sites is 1. The van der Waals surface area contributed by atoms with Gasteiger partial charge in [-0.15, -0.1) is 0 Å². The second kappa shape index (κ2) is 10.4. The van der Waals surface area contributed by atoms with Crippen LogP contribution < -0.4 is 25.1 Å². The van der Waals surface area contributed by atoms with Gasteiger partial charge in [-0.3, -0.25) is 20.4 Å². The van der Waals surface area contributed by atoms with Gasteiger partial charge in [-0.1, -0.05) is 23.7 Å². The minimum Gasteiger partial charge on any atom is -0.494 e. The van der Waals surface area contributed by atoms with E-state index in [9.17, 15) is 9.59 Å². The highest BCUT2D eigenvalue weighted by molar-refractivity contribution is 6.32. The van der Waals surface area contributed by atoms with Crippen molar-refractivity contribution in [2.45, 2.75) is 33.0 Å². The van der Waals surface area contributed by atoms with E-state index in [1.165, 1.54) is 0 Å². The van der Waals surface area contributed by atoms with Gasteiger partial charge in [-0.25, -0.2) is 0 Å². The summed E-state index contributed by atoms with van der Waals surface area (Å²) in [6.07, 6.45) is -1.68. The second-order valence-corrected chi connectivity index (χ2v) is 6.24. The molecule has 2 aromatic carbocycles. The molecule has 0 spiro atoms. The van der Waals surface area contributed by atoms with Gasteiger partial charge in [-0.05, 0) is 57.2 Å². The Bertz CT molecular complexity index is 797. The topological polar surface area (TPSA) is 85.9 Å². The molecule has 7 nitrogen and oxygen atoms in total.